The van der Waals surface area contributed by atoms with Gasteiger partial charge < -0.3 is 9.73 Å². The second kappa shape index (κ2) is 4.84. The summed E-state index contributed by atoms with van der Waals surface area (Å²) in [6.45, 7) is 2.37. The van der Waals surface area contributed by atoms with Crippen LogP contribution in [0.5, 0.6) is 0 Å². The summed E-state index contributed by atoms with van der Waals surface area (Å²) in [5, 5.41) is 3.46. The number of nitrogens with one attached hydrogen (secondary N) is 1. The van der Waals surface area contributed by atoms with E-state index in [-0.39, 0.29) is 0 Å². The molecule has 1 aromatic rings. The topological polar surface area (TPSA) is 25.2 Å². The summed E-state index contributed by atoms with van der Waals surface area (Å²) in [7, 11) is 2.08. The minimum atomic E-state index is 0.618. The van der Waals surface area contributed by atoms with Crippen LogP contribution < -0.4 is 5.32 Å². The van der Waals surface area contributed by atoms with Gasteiger partial charge in [0.1, 0.15) is 0 Å². The predicted molar refractivity (Wildman–Crippen MR) is 61.8 cm³/mol. The fourth-order valence-corrected chi connectivity index (χ4v) is 2.78. The lowest BCUT2D eigenvalue weighted by molar-refractivity contribution is 0.366. The van der Waals surface area contributed by atoms with Crippen LogP contribution >= 0.6 is 0 Å². The Labute approximate surface area is 92.1 Å². The molecule has 2 nitrogen and oxygen atoms in total. The molecular formula is C13H21NO. The molecule has 0 radical (unpaired) electrons. The standard InChI is InChI=1S/C13H21NO/c1-10-3-4-12(7-10)13(14-2)8-11-5-6-15-9-11/h5-6,9-10,12-14H,3-4,7-8H2,1-2H3. The molecule has 0 aromatic carbocycles. The van der Waals surface area contributed by atoms with Crippen LogP contribution in [0.4, 0.5) is 0 Å². The van der Waals surface area contributed by atoms with E-state index in [1.165, 1.54) is 24.8 Å². The zero-order valence-corrected chi connectivity index (χ0v) is 9.70. The van der Waals surface area contributed by atoms with Crippen molar-refractivity contribution in [1.82, 2.24) is 5.32 Å². The first-order valence-electron chi connectivity index (χ1n) is 5.98. The van der Waals surface area contributed by atoms with Crippen molar-refractivity contribution in [1.29, 1.82) is 0 Å². The van der Waals surface area contributed by atoms with Gasteiger partial charge in [0.25, 0.3) is 0 Å². The largest absolute Gasteiger partial charge is 0.472 e. The summed E-state index contributed by atoms with van der Waals surface area (Å²) in [4.78, 5) is 0. The zero-order valence-electron chi connectivity index (χ0n) is 9.70. The first-order valence-corrected chi connectivity index (χ1v) is 5.98. The van der Waals surface area contributed by atoms with Crippen molar-refractivity contribution in [3.8, 4) is 0 Å². The molecule has 1 fully saturated rings. The molecule has 1 aliphatic carbocycles. The van der Waals surface area contributed by atoms with Gasteiger partial charge in [0.15, 0.2) is 0 Å². The highest BCUT2D eigenvalue weighted by Gasteiger charge is 2.27. The summed E-state index contributed by atoms with van der Waals surface area (Å²) in [6.07, 6.45) is 8.88. The average Bonchev–Trinajstić information content (AvgIpc) is 2.85. The van der Waals surface area contributed by atoms with Gasteiger partial charge in [-0.2, -0.15) is 0 Å². The predicted octanol–water partition coefficient (Wildman–Crippen LogP) is 2.85. The van der Waals surface area contributed by atoms with E-state index in [1.54, 1.807) is 6.26 Å². The van der Waals surface area contributed by atoms with Crippen LogP contribution in [0.2, 0.25) is 0 Å². The quantitative estimate of drug-likeness (QED) is 0.821. The molecule has 1 saturated carbocycles. The van der Waals surface area contributed by atoms with E-state index in [0.717, 1.165) is 18.3 Å². The van der Waals surface area contributed by atoms with Crippen LogP contribution in [-0.2, 0) is 6.42 Å². The molecule has 0 amide bonds. The van der Waals surface area contributed by atoms with E-state index >= 15 is 0 Å². The van der Waals surface area contributed by atoms with Gasteiger partial charge in [0, 0.05) is 6.04 Å². The molecule has 3 atom stereocenters. The van der Waals surface area contributed by atoms with Gasteiger partial charge in [-0.3, -0.25) is 0 Å². The Hall–Kier alpha value is -0.760. The van der Waals surface area contributed by atoms with Gasteiger partial charge in [0.05, 0.1) is 12.5 Å². The molecule has 15 heavy (non-hydrogen) atoms. The van der Waals surface area contributed by atoms with Crippen molar-refractivity contribution in [3.63, 3.8) is 0 Å². The fourth-order valence-electron chi connectivity index (χ4n) is 2.78. The molecule has 1 aliphatic rings. The minimum Gasteiger partial charge on any atom is -0.472 e. The van der Waals surface area contributed by atoms with Gasteiger partial charge in [-0.05, 0) is 49.8 Å². The van der Waals surface area contributed by atoms with E-state index < -0.39 is 0 Å². The lowest BCUT2D eigenvalue weighted by Crippen LogP contribution is -2.34. The molecule has 1 heterocycles. The van der Waals surface area contributed by atoms with Crippen molar-refractivity contribution in [2.45, 2.75) is 38.6 Å². The van der Waals surface area contributed by atoms with E-state index in [1.807, 2.05) is 6.26 Å². The molecular weight excluding hydrogens is 186 g/mol. The molecule has 0 spiro atoms. The molecule has 2 heteroatoms. The average molecular weight is 207 g/mol. The second-order valence-corrected chi connectivity index (χ2v) is 4.91. The molecule has 0 bridgehead atoms. The van der Waals surface area contributed by atoms with Gasteiger partial charge in [-0.15, -0.1) is 0 Å². The number of furan rings is 1. The summed E-state index contributed by atoms with van der Waals surface area (Å²) >= 11 is 0. The van der Waals surface area contributed by atoms with Gasteiger partial charge in [0.2, 0.25) is 0 Å². The molecule has 0 aliphatic heterocycles. The first-order chi connectivity index (χ1) is 7.29. The van der Waals surface area contributed by atoms with E-state index in [2.05, 4.69) is 25.4 Å². The van der Waals surface area contributed by atoms with Crippen LogP contribution in [0.25, 0.3) is 0 Å². The Morgan fingerprint density at radius 2 is 2.40 bits per heavy atom. The molecule has 1 N–H and O–H groups in total. The lowest BCUT2D eigenvalue weighted by Gasteiger charge is -2.22. The lowest BCUT2D eigenvalue weighted by atomic mass is 9.92. The van der Waals surface area contributed by atoms with Crippen LogP contribution in [0.15, 0.2) is 23.0 Å². The summed E-state index contributed by atoms with van der Waals surface area (Å²) in [5.74, 6) is 1.76. The third kappa shape index (κ3) is 2.63. The normalized spacial score (nSPS) is 28.1. The fraction of sp³-hybridized carbons (Fsp3) is 0.692. The number of hydrogen-bond donors (Lipinski definition) is 1. The SMILES string of the molecule is CNC(Cc1ccoc1)C1CCC(C)C1. The molecule has 3 unspecified atom stereocenters. The van der Waals surface area contributed by atoms with Crippen LogP contribution in [-0.4, -0.2) is 13.1 Å². The molecule has 2 rings (SSSR count). The smallest absolute Gasteiger partial charge is 0.0935 e. The maximum absolute atomic E-state index is 5.12. The monoisotopic (exact) mass is 207 g/mol. The Bertz CT molecular complexity index is 281. The first kappa shape index (κ1) is 10.7. The highest BCUT2D eigenvalue weighted by atomic mass is 16.3. The van der Waals surface area contributed by atoms with Crippen molar-refractivity contribution in [2.75, 3.05) is 7.05 Å². The summed E-state index contributed by atoms with van der Waals surface area (Å²) in [6, 6.07) is 2.69. The van der Waals surface area contributed by atoms with Gasteiger partial charge in [-0.1, -0.05) is 13.3 Å². The van der Waals surface area contributed by atoms with Gasteiger partial charge in [-0.25, -0.2) is 0 Å². The second-order valence-electron chi connectivity index (χ2n) is 4.91. The van der Waals surface area contributed by atoms with E-state index in [0.29, 0.717) is 6.04 Å². The number of likely N-dealkylation sites (N-methyl/N-ethyl adjacent to an activating group) is 1. The third-order valence-electron chi connectivity index (χ3n) is 3.71. The van der Waals surface area contributed by atoms with Crippen molar-refractivity contribution in [3.05, 3.63) is 24.2 Å². The van der Waals surface area contributed by atoms with E-state index in [9.17, 15) is 0 Å². The maximum Gasteiger partial charge on any atom is 0.0935 e. The van der Waals surface area contributed by atoms with Crippen LogP contribution in [0, 0.1) is 11.8 Å². The van der Waals surface area contributed by atoms with Crippen molar-refractivity contribution < 1.29 is 4.42 Å². The zero-order chi connectivity index (χ0) is 10.7. The Balaban J connectivity index is 1.92. The highest BCUT2D eigenvalue weighted by molar-refractivity contribution is 5.08. The van der Waals surface area contributed by atoms with E-state index in [4.69, 9.17) is 4.42 Å². The molecule has 1 aromatic heterocycles. The Morgan fingerprint density at radius 3 is 2.93 bits per heavy atom. The van der Waals surface area contributed by atoms with Crippen molar-refractivity contribution >= 4 is 0 Å². The Kier molecular flexibility index (Phi) is 3.47. The maximum atomic E-state index is 5.12. The van der Waals surface area contributed by atoms with Crippen LogP contribution in [0.3, 0.4) is 0 Å². The highest BCUT2D eigenvalue weighted by Crippen LogP contribution is 2.33. The molecule has 84 valence electrons. The van der Waals surface area contributed by atoms with Gasteiger partial charge >= 0.3 is 0 Å². The minimum absolute atomic E-state index is 0.618. The molecule has 0 saturated heterocycles. The van der Waals surface area contributed by atoms with Crippen LogP contribution in [0.1, 0.15) is 31.7 Å². The third-order valence-corrected chi connectivity index (χ3v) is 3.71. The number of rotatable bonds is 4. The summed E-state index contributed by atoms with van der Waals surface area (Å²) < 4.78 is 5.12. The Morgan fingerprint density at radius 1 is 1.53 bits per heavy atom. The number of hydrogen-bond acceptors (Lipinski definition) is 2. The van der Waals surface area contributed by atoms with Crippen molar-refractivity contribution in [2.24, 2.45) is 11.8 Å². The summed E-state index contributed by atoms with van der Waals surface area (Å²) in [5.41, 5.74) is 1.31.